The van der Waals surface area contributed by atoms with Crippen LogP contribution in [0, 0.1) is 6.92 Å². The Morgan fingerprint density at radius 1 is 1.00 bits per heavy atom. The van der Waals surface area contributed by atoms with Crippen LogP contribution in [-0.2, 0) is 4.79 Å². The van der Waals surface area contributed by atoms with E-state index in [-0.39, 0.29) is 11.8 Å². The van der Waals surface area contributed by atoms with Gasteiger partial charge in [0.05, 0.1) is 6.54 Å². The second-order valence-electron chi connectivity index (χ2n) is 7.18. The Bertz CT molecular complexity index is 862. The summed E-state index contributed by atoms with van der Waals surface area (Å²) in [7, 11) is 1.80. The summed E-state index contributed by atoms with van der Waals surface area (Å²) in [6.45, 7) is 5.13. The minimum absolute atomic E-state index is 0.0555. The molecule has 1 N–H and O–H groups in total. The van der Waals surface area contributed by atoms with Crippen molar-refractivity contribution in [1.29, 1.82) is 0 Å². The zero-order valence-corrected chi connectivity index (χ0v) is 17.6. The molecule has 1 fully saturated rings. The molecule has 1 saturated heterocycles. The van der Waals surface area contributed by atoms with Gasteiger partial charge in [0.15, 0.2) is 5.11 Å². The predicted molar refractivity (Wildman–Crippen MR) is 119 cm³/mol. The fourth-order valence-corrected chi connectivity index (χ4v) is 3.43. The standard InChI is InChI=1S/C22H26N4O2S/c1-17-8-10-18(11-9-17)21(28)23-22(29)26-14-12-25(13-15-26)16-20(27)24(2)19-6-4-3-5-7-19/h3-11H,12-16H2,1-2H3,(H,23,28,29). The lowest BCUT2D eigenvalue weighted by molar-refractivity contribution is -0.119. The van der Waals surface area contributed by atoms with Crippen molar-refractivity contribution in [1.82, 2.24) is 15.1 Å². The summed E-state index contributed by atoms with van der Waals surface area (Å²) in [5, 5.41) is 3.24. The molecule has 7 heteroatoms. The number of rotatable bonds is 4. The molecule has 1 heterocycles. The van der Waals surface area contributed by atoms with Crippen LogP contribution >= 0.6 is 12.2 Å². The third-order valence-electron chi connectivity index (χ3n) is 5.07. The van der Waals surface area contributed by atoms with Crippen LogP contribution < -0.4 is 10.2 Å². The summed E-state index contributed by atoms with van der Waals surface area (Å²) >= 11 is 5.41. The second kappa shape index (κ2) is 9.62. The molecule has 152 valence electrons. The highest BCUT2D eigenvalue weighted by Crippen LogP contribution is 2.12. The van der Waals surface area contributed by atoms with Crippen LogP contribution in [-0.4, -0.2) is 66.5 Å². The Hall–Kier alpha value is -2.77. The topological polar surface area (TPSA) is 55.9 Å². The maximum absolute atomic E-state index is 12.5. The van der Waals surface area contributed by atoms with E-state index in [9.17, 15) is 9.59 Å². The molecule has 0 spiro atoms. The zero-order chi connectivity index (χ0) is 20.8. The fourth-order valence-electron chi connectivity index (χ4n) is 3.16. The van der Waals surface area contributed by atoms with Crippen LogP contribution in [0.4, 0.5) is 5.69 Å². The van der Waals surface area contributed by atoms with Crippen LogP contribution in [0.2, 0.25) is 0 Å². The van der Waals surface area contributed by atoms with Gasteiger partial charge in [-0.1, -0.05) is 35.9 Å². The molecule has 0 atom stereocenters. The van der Waals surface area contributed by atoms with Gasteiger partial charge >= 0.3 is 0 Å². The van der Waals surface area contributed by atoms with E-state index in [0.29, 0.717) is 30.3 Å². The molecule has 0 aromatic heterocycles. The van der Waals surface area contributed by atoms with Gasteiger partial charge in [0.25, 0.3) is 5.91 Å². The van der Waals surface area contributed by atoms with Gasteiger partial charge in [0.2, 0.25) is 5.91 Å². The first-order valence-electron chi connectivity index (χ1n) is 9.65. The molecule has 0 aliphatic carbocycles. The number of carbonyl (C=O) groups excluding carboxylic acids is 2. The fraction of sp³-hybridized carbons (Fsp3) is 0.318. The molecular weight excluding hydrogens is 384 g/mol. The number of anilines is 1. The van der Waals surface area contributed by atoms with E-state index in [0.717, 1.165) is 24.3 Å². The molecule has 0 saturated carbocycles. The van der Waals surface area contributed by atoms with Gasteiger partial charge in [0, 0.05) is 44.5 Å². The summed E-state index contributed by atoms with van der Waals surface area (Å²) in [4.78, 5) is 30.7. The molecule has 1 aliphatic rings. The summed E-state index contributed by atoms with van der Waals surface area (Å²) in [6, 6.07) is 17.0. The first-order chi connectivity index (χ1) is 13.9. The van der Waals surface area contributed by atoms with E-state index in [1.54, 1.807) is 24.1 Å². The normalized spacial score (nSPS) is 14.3. The number of likely N-dealkylation sites (N-methyl/N-ethyl adjacent to an activating group) is 1. The highest BCUT2D eigenvalue weighted by molar-refractivity contribution is 7.80. The lowest BCUT2D eigenvalue weighted by atomic mass is 10.1. The number of hydrogen-bond donors (Lipinski definition) is 1. The number of benzene rings is 2. The monoisotopic (exact) mass is 410 g/mol. The van der Waals surface area contributed by atoms with Crippen molar-refractivity contribution < 1.29 is 9.59 Å². The van der Waals surface area contributed by atoms with E-state index in [1.807, 2.05) is 54.3 Å². The van der Waals surface area contributed by atoms with Crippen molar-refractivity contribution in [2.24, 2.45) is 0 Å². The molecule has 0 unspecified atom stereocenters. The lowest BCUT2D eigenvalue weighted by Gasteiger charge is -2.36. The summed E-state index contributed by atoms with van der Waals surface area (Å²) in [5.74, 6) is -0.142. The highest BCUT2D eigenvalue weighted by Gasteiger charge is 2.23. The van der Waals surface area contributed by atoms with Crippen molar-refractivity contribution in [3.63, 3.8) is 0 Å². The molecule has 29 heavy (non-hydrogen) atoms. The Morgan fingerprint density at radius 3 is 2.24 bits per heavy atom. The Balaban J connectivity index is 1.46. The van der Waals surface area contributed by atoms with E-state index >= 15 is 0 Å². The molecular formula is C22H26N4O2S. The van der Waals surface area contributed by atoms with Gasteiger partial charge < -0.3 is 9.80 Å². The minimum Gasteiger partial charge on any atom is -0.346 e. The Kier molecular flexibility index (Phi) is 6.95. The SMILES string of the molecule is Cc1ccc(C(=O)NC(=S)N2CCN(CC(=O)N(C)c3ccccc3)CC2)cc1. The van der Waals surface area contributed by atoms with Gasteiger partial charge in [-0.3, -0.25) is 19.8 Å². The maximum Gasteiger partial charge on any atom is 0.257 e. The highest BCUT2D eigenvalue weighted by atomic mass is 32.1. The lowest BCUT2D eigenvalue weighted by Crippen LogP contribution is -2.54. The van der Waals surface area contributed by atoms with Crippen LogP contribution in [0.15, 0.2) is 54.6 Å². The maximum atomic E-state index is 12.5. The van der Waals surface area contributed by atoms with Gasteiger partial charge in [-0.15, -0.1) is 0 Å². The molecule has 6 nitrogen and oxygen atoms in total. The summed E-state index contributed by atoms with van der Waals surface area (Å²) < 4.78 is 0. The van der Waals surface area contributed by atoms with Crippen molar-refractivity contribution in [2.75, 3.05) is 44.7 Å². The van der Waals surface area contributed by atoms with Crippen LogP contribution in [0.25, 0.3) is 0 Å². The molecule has 0 bridgehead atoms. The predicted octanol–water partition coefficient (Wildman–Crippen LogP) is 2.29. The molecule has 0 radical (unpaired) electrons. The molecule has 1 aliphatic heterocycles. The Morgan fingerprint density at radius 2 is 1.62 bits per heavy atom. The van der Waals surface area contributed by atoms with Gasteiger partial charge in [-0.25, -0.2) is 0 Å². The van der Waals surface area contributed by atoms with E-state index in [1.165, 1.54) is 0 Å². The van der Waals surface area contributed by atoms with E-state index < -0.39 is 0 Å². The molecule has 2 aromatic carbocycles. The molecule has 3 rings (SSSR count). The third kappa shape index (κ3) is 5.62. The van der Waals surface area contributed by atoms with Crippen molar-refractivity contribution in [3.8, 4) is 0 Å². The Labute approximate surface area is 177 Å². The number of amides is 2. The first-order valence-corrected chi connectivity index (χ1v) is 10.1. The number of aryl methyl sites for hydroxylation is 1. The summed E-state index contributed by atoms with van der Waals surface area (Å²) in [6.07, 6.45) is 0. The number of nitrogens with zero attached hydrogens (tertiary/aromatic N) is 3. The minimum atomic E-state index is -0.197. The number of nitrogens with one attached hydrogen (secondary N) is 1. The molecule has 2 amide bonds. The average Bonchev–Trinajstić information content (AvgIpc) is 2.74. The van der Waals surface area contributed by atoms with E-state index in [2.05, 4.69) is 10.2 Å². The van der Waals surface area contributed by atoms with E-state index in [4.69, 9.17) is 12.2 Å². The van der Waals surface area contributed by atoms with Crippen LogP contribution in [0.1, 0.15) is 15.9 Å². The number of piperazine rings is 1. The average molecular weight is 411 g/mol. The van der Waals surface area contributed by atoms with Crippen molar-refractivity contribution in [2.45, 2.75) is 6.92 Å². The van der Waals surface area contributed by atoms with Gasteiger partial charge in [0.1, 0.15) is 0 Å². The molecule has 2 aromatic rings. The second-order valence-corrected chi connectivity index (χ2v) is 7.56. The van der Waals surface area contributed by atoms with Gasteiger partial charge in [-0.2, -0.15) is 0 Å². The number of hydrogen-bond acceptors (Lipinski definition) is 4. The van der Waals surface area contributed by atoms with Crippen molar-refractivity contribution >= 4 is 34.8 Å². The number of para-hydroxylation sites is 1. The van der Waals surface area contributed by atoms with Gasteiger partial charge in [-0.05, 0) is 43.4 Å². The zero-order valence-electron chi connectivity index (χ0n) is 16.8. The van der Waals surface area contributed by atoms with Crippen molar-refractivity contribution in [3.05, 3.63) is 65.7 Å². The summed E-state index contributed by atoms with van der Waals surface area (Å²) in [5.41, 5.74) is 2.58. The first kappa shape index (κ1) is 21.0. The van der Waals surface area contributed by atoms with Crippen LogP contribution in [0.3, 0.4) is 0 Å². The number of carbonyl (C=O) groups is 2. The quantitative estimate of drug-likeness (QED) is 0.784. The largest absolute Gasteiger partial charge is 0.346 e. The number of thiocarbonyl (C=S) groups is 1. The third-order valence-corrected chi connectivity index (χ3v) is 5.43. The van der Waals surface area contributed by atoms with Crippen LogP contribution in [0.5, 0.6) is 0 Å². The smallest absolute Gasteiger partial charge is 0.257 e.